The van der Waals surface area contributed by atoms with Crippen molar-refractivity contribution in [2.45, 2.75) is 32.6 Å². The minimum absolute atomic E-state index is 0.0137. The third-order valence-electron chi connectivity index (χ3n) is 5.75. The second-order valence-electron chi connectivity index (χ2n) is 7.56. The number of para-hydroxylation sites is 1. The van der Waals surface area contributed by atoms with Crippen molar-refractivity contribution in [1.82, 2.24) is 9.21 Å². The monoisotopic (exact) mass is 431 g/mol. The Kier molecular flexibility index (Phi) is 5.96. The van der Waals surface area contributed by atoms with Crippen molar-refractivity contribution >= 4 is 21.6 Å². The molecular formula is C21H25N3O5S. The van der Waals surface area contributed by atoms with Crippen LogP contribution in [0.3, 0.4) is 0 Å². The zero-order valence-corrected chi connectivity index (χ0v) is 18.3. The molecule has 0 aliphatic carbocycles. The Morgan fingerprint density at radius 3 is 2.03 bits per heavy atom. The molecule has 1 heterocycles. The van der Waals surface area contributed by atoms with E-state index in [-0.39, 0.29) is 37.4 Å². The molecular weight excluding hydrogens is 406 g/mol. The molecule has 1 aliphatic rings. The Balaban J connectivity index is 1.83. The van der Waals surface area contributed by atoms with Crippen LogP contribution in [0.25, 0.3) is 0 Å². The van der Waals surface area contributed by atoms with Crippen molar-refractivity contribution in [3.8, 4) is 0 Å². The summed E-state index contributed by atoms with van der Waals surface area (Å²) >= 11 is 0. The fourth-order valence-electron chi connectivity index (χ4n) is 3.81. The average Bonchev–Trinajstić information content (AvgIpc) is 2.72. The molecule has 160 valence electrons. The van der Waals surface area contributed by atoms with Gasteiger partial charge in [0.1, 0.15) is 5.56 Å². The molecule has 0 unspecified atom stereocenters. The van der Waals surface area contributed by atoms with Crippen LogP contribution >= 0.6 is 0 Å². The zero-order chi connectivity index (χ0) is 22.2. The number of sulfonamides is 1. The molecule has 2 aromatic carbocycles. The van der Waals surface area contributed by atoms with Crippen molar-refractivity contribution in [3.63, 3.8) is 0 Å². The first-order valence-electron chi connectivity index (χ1n) is 9.66. The second kappa shape index (κ2) is 8.16. The van der Waals surface area contributed by atoms with Crippen LogP contribution in [0.1, 0.15) is 32.6 Å². The topological polar surface area (TPSA) is 101 Å². The summed E-state index contributed by atoms with van der Waals surface area (Å²) in [5, 5.41) is 11.2. The number of amides is 1. The number of piperazine rings is 1. The van der Waals surface area contributed by atoms with E-state index in [0.29, 0.717) is 4.90 Å². The van der Waals surface area contributed by atoms with Crippen molar-refractivity contribution in [1.29, 1.82) is 0 Å². The molecule has 3 rings (SSSR count). The molecule has 8 nitrogen and oxygen atoms in total. The van der Waals surface area contributed by atoms with Gasteiger partial charge in [-0.15, -0.1) is 0 Å². The van der Waals surface area contributed by atoms with Crippen LogP contribution < -0.4 is 0 Å². The number of nitro benzene ring substituents is 1. The number of carbonyl (C=O) groups excluding carboxylic acids is 1. The highest BCUT2D eigenvalue weighted by atomic mass is 32.2. The fraction of sp³-hybridized carbons (Fsp3) is 0.381. The van der Waals surface area contributed by atoms with Gasteiger partial charge in [-0.05, 0) is 56.0 Å². The van der Waals surface area contributed by atoms with Gasteiger partial charge in [-0.2, -0.15) is 4.31 Å². The predicted octanol–water partition coefficient (Wildman–Crippen LogP) is 2.98. The Bertz CT molecular complexity index is 1090. The minimum Gasteiger partial charge on any atom is -0.336 e. The van der Waals surface area contributed by atoms with Gasteiger partial charge in [-0.3, -0.25) is 14.9 Å². The molecule has 1 amide bonds. The molecule has 0 radical (unpaired) electrons. The largest absolute Gasteiger partial charge is 0.336 e. The molecule has 0 aromatic heterocycles. The molecule has 0 bridgehead atoms. The molecule has 1 saturated heterocycles. The number of nitro groups is 1. The molecule has 2 aromatic rings. The van der Waals surface area contributed by atoms with Crippen LogP contribution in [0.5, 0.6) is 0 Å². The number of rotatable bonds is 4. The summed E-state index contributed by atoms with van der Waals surface area (Å²) in [6.45, 7) is 8.03. The SMILES string of the molecule is Cc1cc(C)c(C)c(S(=O)(=O)N2CCN(C(=O)c3ccccc3[N+](=O)[O-])CC2)c1C. The minimum atomic E-state index is -3.72. The van der Waals surface area contributed by atoms with Crippen molar-refractivity contribution in [2.24, 2.45) is 0 Å². The lowest BCUT2D eigenvalue weighted by molar-refractivity contribution is -0.385. The zero-order valence-electron chi connectivity index (χ0n) is 17.5. The number of hydrogen-bond acceptors (Lipinski definition) is 5. The van der Waals surface area contributed by atoms with Gasteiger partial charge in [-0.1, -0.05) is 18.2 Å². The van der Waals surface area contributed by atoms with Crippen LogP contribution in [-0.2, 0) is 10.0 Å². The van der Waals surface area contributed by atoms with Gasteiger partial charge in [0.15, 0.2) is 0 Å². The summed E-state index contributed by atoms with van der Waals surface area (Å²) < 4.78 is 28.1. The van der Waals surface area contributed by atoms with Crippen LogP contribution in [0.4, 0.5) is 5.69 Å². The quantitative estimate of drug-likeness (QED) is 0.547. The number of carbonyl (C=O) groups is 1. The van der Waals surface area contributed by atoms with E-state index in [0.717, 1.165) is 22.3 Å². The third kappa shape index (κ3) is 3.82. The smallest absolute Gasteiger partial charge is 0.282 e. The maximum atomic E-state index is 13.4. The normalized spacial score (nSPS) is 15.3. The van der Waals surface area contributed by atoms with Crippen molar-refractivity contribution in [3.05, 3.63) is 68.3 Å². The number of aryl methyl sites for hydroxylation is 2. The summed E-state index contributed by atoms with van der Waals surface area (Å²) in [5.74, 6) is -0.460. The van der Waals surface area contributed by atoms with Crippen LogP contribution in [0.2, 0.25) is 0 Å². The summed E-state index contributed by atoms with van der Waals surface area (Å²) in [7, 11) is -3.72. The van der Waals surface area contributed by atoms with Crippen molar-refractivity contribution < 1.29 is 18.1 Å². The van der Waals surface area contributed by atoms with Gasteiger partial charge >= 0.3 is 0 Å². The lowest BCUT2D eigenvalue weighted by Crippen LogP contribution is -2.50. The number of nitrogens with zero attached hydrogens (tertiary/aromatic N) is 3. The van der Waals surface area contributed by atoms with E-state index in [2.05, 4.69) is 0 Å². The van der Waals surface area contributed by atoms with Gasteiger partial charge in [0.2, 0.25) is 10.0 Å². The van der Waals surface area contributed by atoms with Crippen LogP contribution in [0, 0.1) is 37.8 Å². The fourth-order valence-corrected chi connectivity index (χ4v) is 5.81. The highest BCUT2D eigenvalue weighted by molar-refractivity contribution is 7.89. The van der Waals surface area contributed by atoms with E-state index in [9.17, 15) is 23.3 Å². The maximum Gasteiger partial charge on any atom is 0.282 e. The Morgan fingerprint density at radius 2 is 1.50 bits per heavy atom. The van der Waals surface area contributed by atoms with E-state index in [1.165, 1.54) is 27.4 Å². The van der Waals surface area contributed by atoms with E-state index >= 15 is 0 Å². The highest BCUT2D eigenvalue weighted by Crippen LogP contribution is 2.29. The van der Waals surface area contributed by atoms with Gasteiger partial charge in [0.05, 0.1) is 9.82 Å². The third-order valence-corrected chi connectivity index (χ3v) is 7.93. The first-order chi connectivity index (χ1) is 14.1. The number of hydrogen-bond donors (Lipinski definition) is 0. The molecule has 1 aliphatic heterocycles. The second-order valence-corrected chi connectivity index (χ2v) is 9.43. The molecule has 9 heteroatoms. The molecule has 30 heavy (non-hydrogen) atoms. The molecule has 0 saturated carbocycles. The van der Waals surface area contributed by atoms with Crippen LogP contribution in [-0.4, -0.2) is 54.6 Å². The van der Waals surface area contributed by atoms with Gasteiger partial charge in [-0.25, -0.2) is 8.42 Å². The Hall–Kier alpha value is -2.78. The van der Waals surface area contributed by atoms with Crippen LogP contribution in [0.15, 0.2) is 35.2 Å². The van der Waals surface area contributed by atoms with E-state index in [4.69, 9.17) is 0 Å². The lowest BCUT2D eigenvalue weighted by atomic mass is 10.0. The summed E-state index contributed by atoms with van der Waals surface area (Å²) in [6.07, 6.45) is 0. The van der Waals surface area contributed by atoms with Gasteiger partial charge in [0, 0.05) is 32.2 Å². The summed E-state index contributed by atoms with van der Waals surface area (Å²) in [6, 6.07) is 7.78. The predicted molar refractivity (Wildman–Crippen MR) is 113 cm³/mol. The summed E-state index contributed by atoms with van der Waals surface area (Å²) in [5.41, 5.74) is 3.07. The first-order valence-corrected chi connectivity index (χ1v) is 11.1. The molecule has 0 N–H and O–H groups in total. The standard InChI is InChI=1S/C21H25N3O5S/c1-14-13-15(2)17(4)20(16(14)3)30(28,29)23-11-9-22(10-12-23)21(25)18-7-5-6-8-19(18)24(26)27/h5-8,13H,9-12H2,1-4H3. The van der Waals surface area contributed by atoms with Gasteiger partial charge < -0.3 is 4.90 Å². The Labute approximate surface area is 176 Å². The average molecular weight is 432 g/mol. The molecule has 1 fully saturated rings. The molecule has 0 atom stereocenters. The Morgan fingerprint density at radius 1 is 0.967 bits per heavy atom. The van der Waals surface area contributed by atoms with E-state index < -0.39 is 20.9 Å². The molecule has 0 spiro atoms. The highest BCUT2D eigenvalue weighted by Gasteiger charge is 2.34. The van der Waals surface area contributed by atoms with E-state index in [1.807, 2.05) is 33.8 Å². The van der Waals surface area contributed by atoms with Crippen molar-refractivity contribution in [2.75, 3.05) is 26.2 Å². The van der Waals surface area contributed by atoms with E-state index in [1.54, 1.807) is 6.07 Å². The first kappa shape index (κ1) is 21.9. The lowest BCUT2D eigenvalue weighted by Gasteiger charge is -2.34. The number of benzene rings is 2. The summed E-state index contributed by atoms with van der Waals surface area (Å²) in [4.78, 5) is 25.2. The maximum absolute atomic E-state index is 13.4. The van der Waals surface area contributed by atoms with Gasteiger partial charge in [0.25, 0.3) is 11.6 Å².